The van der Waals surface area contributed by atoms with Gasteiger partial charge in [0.1, 0.15) is 5.92 Å². The Morgan fingerprint density at radius 3 is 2.73 bits per heavy atom. The minimum atomic E-state index is -0.578. The van der Waals surface area contributed by atoms with Crippen molar-refractivity contribution in [2.75, 3.05) is 0 Å². The van der Waals surface area contributed by atoms with Crippen LogP contribution in [0, 0.1) is 23.2 Å². The van der Waals surface area contributed by atoms with E-state index in [2.05, 4.69) is 4.98 Å². The van der Waals surface area contributed by atoms with Crippen LogP contribution in [-0.2, 0) is 7.05 Å². The van der Waals surface area contributed by atoms with Crippen LogP contribution in [0.3, 0.4) is 0 Å². The molecular formula is C11H15N3O. The molecule has 0 spiro atoms. The van der Waals surface area contributed by atoms with E-state index in [1.54, 1.807) is 24.0 Å². The van der Waals surface area contributed by atoms with E-state index in [1.165, 1.54) is 0 Å². The summed E-state index contributed by atoms with van der Waals surface area (Å²) in [5.41, 5.74) is 0. The van der Waals surface area contributed by atoms with Gasteiger partial charge >= 0.3 is 0 Å². The van der Waals surface area contributed by atoms with E-state index in [9.17, 15) is 4.79 Å². The second kappa shape index (κ2) is 4.74. The molecule has 4 nitrogen and oxygen atoms in total. The molecule has 0 bridgehead atoms. The van der Waals surface area contributed by atoms with Gasteiger partial charge in [0, 0.05) is 19.4 Å². The molecule has 80 valence electrons. The van der Waals surface area contributed by atoms with Crippen molar-refractivity contribution in [3.05, 3.63) is 18.2 Å². The normalized spacial score (nSPS) is 12.5. The third-order valence-electron chi connectivity index (χ3n) is 2.22. The Balaban J connectivity index is 2.84. The van der Waals surface area contributed by atoms with Gasteiger partial charge in [-0.25, -0.2) is 4.98 Å². The topological polar surface area (TPSA) is 58.7 Å². The molecule has 15 heavy (non-hydrogen) atoms. The lowest BCUT2D eigenvalue weighted by Crippen LogP contribution is -2.18. The summed E-state index contributed by atoms with van der Waals surface area (Å²) in [4.78, 5) is 15.8. The zero-order chi connectivity index (χ0) is 11.4. The summed E-state index contributed by atoms with van der Waals surface area (Å²) in [5, 5.41) is 8.93. The summed E-state index contributed by atoms with van der Waals surface area (Å²) in [6, 6.07) is 2.05. The molecule has 0 fully saturated rings. The lowest BCUT2D eigenvalue weighted by atomic mass is 9.94. The van der Waals surface area contributed by atoms with Gasteiger partial charge < -0.3 is 4.57 Å². The van der Waals surface area contributed by atoms with Crippen molar-refractivity contribution in [3.8, 4) is 6.07 Å². The van der Waals surface area contributed by atoms with Gasteiger partial charge in [0.15, 0.2) is 5.82 Å². The number of aryl methyl sites for hydroxylation is 1. The molecule has 1 atom stereocenters. The maximum atomic E-state index is 11.9. The number of carbonyl (C=O) groups excluding carboxylic acids is 1. The van der Waals surface area contributed by atoms with Crippen LogP contribution >= 0.6 is 0 Å². The van der Waals surface area contributed by atoms with Gasteiger partial charge in [0.05, 0.1) is 6.07 Å². The third kappa shape index (κ3) is 2.66. The molecule has 1 unspecified atom stereocenters. The second-order valence-corrected chi connectivity index (χ2v) is 4.04. The molecule has 0 amide bonds. The average molecular weight is 205 g/mol. The number of nitrogens with zero attached hydrogens (tertiary/aromatic N) is 3. The number of rotatable bonds is 4. The number of hydrogen-bond acceptors (Lipinski definition) is 3. The number of nitriles is 1. The molecule has 0 N–H and O–H groups in total. The Bertz CT molecular complexity index is 387. The van der Waals surface area contributed by atoms with Crippen LogP contribution in [0.25, 0.3) is 0 Å². The van der Waals surface area contributed by atoms with E-state index >= 15 is 0 Å². The fourth-order valence-electron chi connectivity index (χ4n) is 1.45. The number of ketones is 1. The molecule has 0 radical (unpaired) electrons. The minimum absolute atomic E-state index is 0.182. The molecule has 1 heterocycles. The lowest BCUT2D eigenvalue weighted by Gasteiger charge is -2.09. The first kappa shape index (κ1) is 11.4. The number of aromatic nitrogens is 2. The summed E-state index contributed by atoms with van der Waals surface area (Å²) in [6.07, 6.45) is 3.86. The van der Waals surface area contributed by atoms with Crippen LogP contribution in [0.1, 0.15) is 30.9 Å². The Labute approximate surface area is 89.5 Å². The molecule has 0 aromatic carbocycles. The molecule has 1 rings (SSSR count). The van der Waals surface area contributed by atoms with Crippen LogP contribution in [0.5, 0.6) is 0 Å². The van der Waals surface area contributed by atoms with Gasteiger partial charge in [-0.05, 0) is 12.3 Å². The van der Waals surface area contributed by atoms with Crippen molar-refractivity contribution in [2.24, 2.45) is 18.9 Å². The number of carbonyl (C=O) groups is 1. The lowest BCUT2D eigenvalue weighted by molar-refractivity contribution is 0.0923. The summed E-state index contributed by atoms with van der Waals surface area (Å²) in [6.45, 7) is 3.99. The summed E-state index contributed by atoms with van der Waals surface area (Å²) >= 11 is 0. The predicted octanol–water partition coefficient (Wildman–Crippen LogP) is 1.79. The van der Waals surface area contributed by atoms with Crippen LogP contribution in [0.15, 0.2) is 12.4 Å². The Morgan fingerprint density at radius 1 is 1.67 bits per heavy atom. The predicted molar refractivity (Wildman–Crippen MR) is 56.1 cm³/mol. The van der Waals surface area contributed by atoms with Gasteiger partial charge in [-0.3, -0.25) is 4.79 Å². The standard InChI is InChI=1S/C11H15N3O/c1-8(2)6-9(7-12)10(15)11-13-4-5-14(11)3/h4-5,8-9H,6H2,1-3H3. The minimum Gasteiger partial charge on any atom is -0.332 e. The molecule has 0 saturated carbocycles. The van der Waals surface area contributed by atoms with Gasteiger partial charge in [-0.2, -0.15) is 5.26 Å². The highest BCUT2D eigenvalue weighted by atomic mass is 16.1. The SMILES string of the molecule is CC(C)CC(C#N)C(=O)c1nccn1C. The van der Waals surface area contributed by atoms with E-state index in [0.717, 1.165) is 0 Å². The molecule has 1 aromatic heterocycles. The maximum absolute atomic E-state index is 11.9. The summed E-state index contributed by atoms with van der Waals surface area (Å²) in [7, 11) is 1.75. The highest BCUT2D eigenvalue weighted by molar-refractivity contribution is 5.96. The van der Waals surface area contributed by atoms with Gasteiger partial charge in [-0.1, -0.05) is 13.8 Å². The summed E-state index contributed by atoms with van der Waals surface area (Å²) < 4.78 is 1.65. The first-order chi connectivity index (χ1) is 7.06. The molecule has 4 heteroatoms. The van der Waals surface area contributed by atoms with Crippen molar-refractivity contribution in [3.63, 3.8) is 0 Å². The quantitative estimate of drug-likeness (QED) is 0.704. The molecule has 1 aromatic rings. The van der Waals surface area contributed by atoms with E-state index < -0.39 is 5.92 Å². The molecule has 0 aliphatic rings. The Hall–Kier alpha value is -1.63. The zero-order valence-corrected chi connectivity index (χ0v) is 9.27. The first-order valence-corrected chi connectivity index (χ1v) is 4.97. The fraction of sp³-hybridized carbons (Fsp3) is 0.545. The van der Waals surface area contributed by atoms with Crippen LogP contribution in [0.2, 0.25) is 0 Å². The van der Waals surface area contributed by atoms with Crippen LogP contribution in [-0.4, -0.2) is 15.3 Å². The van der Waals surface area contributed by atoms with Crippen LogP contribution < -0.4 is 0 Å². The largest absolute Gasteiger partial charge is 0.332 e. The zero-order valence-electron chi connectivity index (χ0n) is 9.27. The average Bonchev–Trinajstić information content (AvgIpc) is 2.59. The molecule has 0 aliphatic heterocycles. The monoisotopic (exact) mass is 205 g/mol. The number of imidazole rings is 1. The third-order valence-corrected chi connectivity index (χ3v) is 2.22. The van der Waals surface area contributed by atoms with Gasteiger partial charge in [0.25, 0.3) is 0 Å². The van der Waals surface area contributed by atoms with E-state index in [-0.39, 0.29) is 5.78 Å². The van der Waals surface area contributed by atoms with Crippen molar-refractivity contribution < 1.29 is 4.79 Å². The highest BCUT2D eigenvalue weighted by Gasteiger charge is 2.23. The number of Topliss-reactive ketones (excluding diaryl/α,β-unsaturated/α-hetero) is 1. The number of hydrogen-bond donors (Lipinski definition) is 0. The van der Waals surface area contributed by atoms with Crippen molar-refractivity contribution >= 4 is 5.78 Å². The maximum Gasteiger partial charge on any atom is 0.215 e. The summed E-state index contributed by atoms with van der Waals surface area (Å²) in [5.74, 6) is -0.0640. The van der Waals surface area contributed by atoms with Crippen molar-refractivity contribution in [1.29, 1.82) is 5.26 Å². The van der Waals surface area contributed by atoms with Crippen molar-refractivity contribution in [2.45, 2.75) is 20.3 Å². The van der Waals surface area contributed by atoms with Gasteiger partial charge in [0.2, 0.25) is 5.78 Å². The van der Waals surface area contributed by atoms with E-state index in [1.807, 2.05) is 19.9 Å². The van der Waals surface area contributed by atoms with Crippen LogP contribution in [0.4, 0.5) is 0 Å². The fourth-order valence-corrected chi connectivity index (χ4v) is 1.45. The Morgan fingerprint density at radius 2 is 2.33 bits per heavy atom. The smallest absolute Gasteiger partial charge is 0.215 e. The van der Waals surface area contributed by atoms with Crippen molar-refractivity contribution in [1.82, 2.24) is 9.55 Å². The highest BCUT2D eigenvalue weighted by Crippen LogP contribution is 2.15. The van der Waals surface area contributed by atoms with Gasteiger partial charge in [-0.15, -0.1) is 0 Å². The molecular weight excluding hydrogens is 190 g/mol. The molecule has 0 aliphatic carbocycles. The Kier molecular flexibility index (Phi) is 3.62. The second-order valence-electron chi connectivity index (χ2n) is 4.04. The molecule has 0 saturated heterocycles. The first-order valence-electron chi connectivity index (χ1n) is 4.97. The van der Waals surface area contributed by atoms with E-state index in [4.69, 9.17) is 5.26 Å². The van der Waals surface area contributed by atoms with E-state index in [0.29, 0.717) is 18.2 Å².